The molecule has 0 heterocycles. The zero-order chi connectivity index (χ0) is 13.1. The van der Waals surface area contributed by atoms with Gasteiger partial charge in [-0.15, -0.1) is 0 Å². The van der Waals surface area contributed by atoms with E-state index >= 15 is 0 Å². The van der Waals surface area contributed by atoms with Crippen molar-refractivity contribution in [3.8, 4) is 0 Å². The Labute approximate surface area is 127 Å². The number of halogens is 5. The first-order valence-electron chi connectivity index (χ1n) is 5.17. The van der Waals surface area contributed by atoms with Gasteiger partial charge in [-0.05, 0) is 24.0 Å². The molecule has 1 aromatic rings. The standard InChI is InChI=1S/C12H12Cl5/c1-2-3-5-9-6-4-7-10(8-9)11(13,14)12(15,16)17/h4-8H,2-3H2,1H3. The number of benzene rings is 1. The number of hydrogen-bond acceptors (Lipinski definition) is 0. The first-order valence-corrected chi connectivity index (χ1v) is 7.06. The highest BCUT2D eigenvalue weighted by molar-refractivity contribution is 6.75. The van der Waals surface area contributed by atoms with Crippen molar-refractivity contribution in [2.24, 2.45) is 0 Å². The molecule has 0 N–H and O–H groups in total. The molecule has 0 aromatic heterocycles. The van der Waals surface area contributed by atoms with Gasteiger partial charge in [-0.3, -0.25) is 0 Å². The van der Waals surface area contributed by atoms with Crippen molar-refractivity contribution >= 4 is 58.0 Å². The van der Waals surface area contributed by atoms with Crippen LogP contribution in [-0.2, 0) is 4.33 Å². The van der Waals surface area contributed by atoms with E-state index in [1.54, 1.807) is 6.07 Å². The fourth-order valence-corrected chi connectivity index (χ4v) is 1.90. The molecule has 0 aliphatic carbocycles. The zero-order valence-corrected chi connectivity index (χ0v) is 13.0. The van der Waals surface area contributed by atoms with Crippen molar-refractivity contribution in [1.82, 2.24) is 0 Å². The minimum atomic E-state index is -1.78. The van der Waals surface area contributed by atoms with Crippen LogP contribution >= 0.6 is 58.0 Å². The zero-order valence-electron chi connectivity index (χ0n) is 9.19. The van der Waals surface area contributed by atoms with Crippen LogP contribution in [0.5, 0.6) is 0 Å². The average molecular weight is 333 g/mol. The van der Waals surface area contributed by atoms with Crippen LogP contribution in [-0.4, -0.2) is 3.79 Å². The number of alkyl halides is 5. The predicted octanol–water partition coefficient (Wildman–Crippen LogP) is 6.04. The normalized spacial score (nSPS) is 12.8. The number of hydrogen-bond donors (Lipinski definition) is 0. The van der Waals surface area contributed by atoms with Crippen LogP contribution in [0.4, 0.5) is 0 Å². The molecule has 5 heteroatoms. The van der Waals surface area contributed by atoms with Crippen LogP contribution in [0.1, 0.15) is 30.9 Å². The number of rotatable bonds is 4. The summed E-state index contributed by atoms with van der Waals surface area (Å²) < 4.78 is -3.34. The first-order chi connectivity index (χ1) is 7.79. The summed E-state index contributed by atoms with van der Waals surface area (Å²) in [6.45, 7) is 2.11. The highest BCUT2D eigenvalue weighted by atomic mass is 35.6. The Morgan fingerprint density at radius 3 is 2.29 bits per heavy atom. The minimum absolute atomic E-state index is 0.575. The van der Waals surface area contributed by atoms with Gasteiger partial charge in [0.15, 0.2) is 4.33 Å². The van der Waals surface area contributed by atoms with Gasteiger partial charge >= 0.3 is 0 Å². The third-order valence-corrected chi connectivity index (χ3v) is 4.71. The summed E-state index contributed by atoms with van der Waals surface area (Å²) in [6, 6.07) is 7.37. The predicted molar refractivity (Wildman–Crippen MR) is 78.4 cm³/mol. The van der Waals surface area contributed by atoms with Crippen LogP contribution < -0.4 is 0 Å². The maximum atomic E-state index is 6.10. The molecule has 0 spiro atoms. The molecule has 95 valence electrons. The molecule has 1 rings (SSSR count). The third kappa shape index (κ3) is 4.08. The molecule has 0 amide bonds. The molecular weight excluding hydrogens is 321 g/mol. The van der Waals surface area contributed by atoms with E-state index < -0.39 is 8.13 Å². The second kappa shape index (κ2) is 6.21. The van der Waals surface area contributed by atoms with Crippen LogP contribution in [0.25, 0.3) is 0 Å². The lowest BCUT2D eigenvalue weighted by Gasteiger charge is -2.28. The molecule has 0 atom stereocenters. The quantitative estimate of drug-likeness (QED) is 0.589. The molecular formula is C12H12Cl5. The van der Waals surface area contributed by atoms with Crippen LogP contribution in [0.3, 0.4) is 0 Å². The Morgan fingerprint density at radius 1 is 1.12 bits per heavy atom. The summed E-state index contributed by atoms with van der Waals surface area (Å²) in [5.74, 6) is 0. The molecule has 0 fully saturated rings. The molecule has 0 aliphatic rings. The molecule has 0 aliphatic heterocycles. The lowest BCUT2D eigenvalue weighted by Crippen LogP contribution is -2.28. The Bertz CT molecular complexity index is 367. The third-order valence-electron chi connectivity index (χ3n) is 2.27. The molecule has 0 nitrogen and oxygen atoms in total. The van der Waals surface area contributed by atoms with Gasteiger partial charge in [-0.1, -0.05) is 95.6 Å². The SMILES string of the molecule is CCC[CH]c1cccc(C(Cl)(Cl)C(Cl)(Cl)Cl)c1. The van der Waals surface area contributed by atoms with E-state index in [-0.39, 0.29) is 0 Å². The van der Waals surface area contributed by atoms with Gasteiger partial charge in [-0.2, -0.15) is 0 Å². The van der Waals surface area contributed by atoms with Gasteiger partial charge in [0.2, 0.25) is 3.79 Å². The van der Waals surface area contributed by atoms with Gasteiger partial charge in [0, 0.05) is 0 Å². The molecule has 0 bridgehead atoms. The highest BCUT2D eigenvalue weighted by Gasteiger charge is 2.47. The molecule has 1 aromatic carbocycles. The van der Waals surface area contributed by atoms with Crippen LogP contribution in [0, 0.1) is 6.42 Å². The average Bonchev–Trinajstić information content (AvgIpc) is 2.25. The molecule has 17 heavy (non-hydrogen) atoms. The Balaban J connectivity index is 2.99. The fourth-order valence-electron chi connectivity index (χ4n) is 1.34. The smallest absolute Gasteiger partial charge is 0.0915 e. The monoisotopic (exact) mass is 331 g/mol. The molecule has 1 radical (unpaired) electrons. The summed E-state index contributed by atoms with van der Waals surface area (Å²) in [6.07, 6.45) is 4.14. The van der Waals surface area contributed by atoms with Crippen molar-refractivity contribution in [2.45, 2.75) is 27.9 Å². The van der Waals surface area contributed by atoms with E-state index in [0.29, 0.717) is 5.56 Å². The van der Waals surface area contributed by atoms with Gasteiger partial charge in [0.1, 0.15) is 0 Å². The number of unbranched alkanes of at least 4 members (excludes halogenated alkanes) is 1. The van der Waals surface area contributed by atoms with Crippen molar-refractivity contribution in [3.05, 3.63) is 41.8 Å². The van der Waals surface area contributed by atoms with Gasteiger partial charge in [-0.25, -0.2) is 0 Å². The first kappa shape index (κ1) is 15.7. The lowest BCUT2D eigenvalue weighted by molar-refractivity contribution is 0.871. The molecule has 0 saturated heterocycles. The second-order valence-corrected chi connectivity index (χ2v) is 7.30. The largest absolute Gasteiger partial charge is 0.227 e. The van der Waals surface area contributed by atoms with E-state index in [1.165, 1.54) is 0 Å². The van der Waals surface area contributed by atoms with Crippen molar-refractivity contribution in [3.63, 3.8) is 0 Å². The maximum absolute atomic E-state index is 6.10. The van der Waals surface area contributed by atoms with E-state index in [9.17, 15) is 0 Å². The summed E-state index contributed by atoms with van der Waals surface area (Å²) >= 11 is 29.5. The van der Waals surface area contributed by atoms with Crippen LogP contribution in [0.2, 0.25) is 0 Å². The summed E-state index contributed by atoms with van der Waals surface area (Å²) in [4.78, 5) is 0. The van der Waals surface area contributed by atoms with Crippen molar-refractivity contribution < 1.29 is 0 Å². The summed E-state index contributed by atoms with van der Waals surface area (Å²) in [5, 5.41) is 0. The van der Waals surface area contributed by atoms with E-state index in [1.807, 2.05) is 18.2 Å². The molecule has 0 unspecified atom stereocenters. The topological polar surface area (TPSA) is 0 Å². The summed E-state index contributed by atoms with van der Waals surface area (Å²) in [5.41, 5.74) is 1.59. The van der Waals surface area contributed by atoms with E-state index in [4.69, 9.17) is 58.0 Å². The minimum Gasteiger partial charge on any atom is -0.0915 e. The van der Waals surface area contributed by atoms with Crippen molar-refractivity contribution in [1.29, 1.82) is 0 Å². The van der Waals surface area contributed by atoms with E-state index in [2.05, 4.69) is 13.3 Å². The fraction of sp³-hybridized carbons (Fsp3) is 0.417. The van der Waals surface area contributed by atoms with Gasteiger partial charge < -0.3 is 0 Å². The van der Waals surface area contributed by atoms with Gasteiger partial charge in [0.05, 0.1) is 0 Å². The summed E-state index contributed by atoms with van der Waals surface area (Å²) in [7, 11) is 0. The van der Waals surface area contributed by atoms with Crippen molar-refractivity contribution in [2.75, 3.05) is 0 Å². The van der Waals surface area contributed by atoms with Gasteiger partial charge in [0.25, 0.3) is 0 Å². The molecule has 0 saturated carbocycles. The lowest BCUT2D eigenvalue weighted by atomic mass is 10.0. The Hall–Kier alpha value is 0.670. The second-order valence-electron chi connectivity index (χ2n) is 3.69. The van der Waals surface area contributed by atoms with E-state index in [0.717, 1.165) is 18.4 Å². The highest BCUT2D eigenvalue weighted by Crippen LogP contribution is 2.52. The Morgan fingerprint density at radius 2 is 1.76 bits per heavy atom. The van der Waals surface area contributed by atoms with Crippen LogP contribution in [0.15, 0.2) is 24.3 Å². The maximum Gasteiger partial charge on any atom is 0.227 e. The Kier molecular flexibility index (Phi) is 5.75.